The van der Waals surface area contributed by atoms with Gasteiger partial charge in [-0.05, 0) is 17.7 Å². The van der Waals surface area contributed by atoms with Gasteiger partial charge in [0.05, 0.1) is 0 Å². The highest BCUT2D eigenvalue weighted by molar-refractivity contribution is 5.94. The first-order valence-electron chi connectivity index (χ1n) is 6.85. The van der Waals surface area contributed by atoms with E-state index < -0.39 is 0 Å². The van der Waals surface area contributed by atoms with Crippen molar-refractivity contribution in [2.24, 2.45) is 0 Å². The third kappa shape index (κ3) is 1.99. The van der Waals surface area contributed by atoms with Gasteiger partial charge >= 0.3 is 0 Å². The van der Waals surface area contributed by atoms with Crippen LogP contribution in [0.1, 0.15) is 0 Å². The molecule has 2 aromatic heterocycles. The fourth-order valence-electron chi connectivity index (χ4n) is 2.60. The van der Waals surface area contributed by atoms with E-state index in [0.717, 1.165) is 22.3 Å². The number of rotatable bonds is 2. The van der Waals surface area contributed by atoms with Crippen LogP contribution < -0.4 is 0 Å². The molecule has 0 aliphatic rings. The summed E-state index contributed by atoms with van der Waals surface area (Å²) in [5.74, 6) is 0. The Balaban J connectivity index is 2.02. The second kappa shape index (κ2) is 4.87. The molecule has 100 valence electrons. The van der Waals surface area contributed by atoms with Crippen LogP contribution in [0, 0.1) is 0 Å². The molecule has 0 amide bonds. The highest BCUT2D eigenvalue weighted by Crippen LogP contribution is 2.30. The molecule has 0 spiro atoms. The Kier molecular flexibility index (Phi) is 2.75. The molecule has 2 heterocycles. The smallest absolute Gasteiger partial charge is 0.148 e. The molecule has 0 bridgehead atoms. The fourth-order valence-corrected chi connectivity index (χ4v) is 2.60. The van der Waals surface area contributed by atoms with E-state index in [4.69, 9.17) is 0 Å². The van der Waals surface area contributed by atoms with Crippen molar-refractivity contribution in [1.82, 2.24) is 14.5 Å². The van der Waals surface area contributed by atoms with Gasteiger partial charge in [0, 0.05) is 29.0 Å². The van der Waals surface area contributed by atoms with E-state index in [-0.39, 0.29) is 0 Å². The van der Waals surface area contributed by atoms with Crippen molar-refractivity contribution in [3.05, 3.63) is 79.4 Å². The number of fused-ring (bicyclic) bond motifs is 1. The second-order valence-corrected chi connectivity index (χ2v) is 4.87. The first-order chi connectivity index (χ1) is 10.4. The van der Waals surface area contributed by atoms with Crippen molar-refractivity contribution in [3.63, 3.8) is 0 Å². The van der Waals surface area contributed by atoms with Crippen molar-refractivity contribution < 1.29 is 0 Å². The normalized spacial score (nSPS) is 10.9. The minimum Gasteiger partial charge on any atom is -0.301 e. The Morgan fingerprint density at radius 3 is 2.29 bits per heavy atom. The summed E-state index contributed by atoms with van der Waals surface area (Å²) in [6, 6.07) is 20.6. The minimum atomic E-state index is 0.926. The maximum absolute atomic E-state index is 4.46. The van der Waals surface area contributed by atoms with E-state index in [1.165, 1.54) is 5.56 Å². The van der Waals surface area contributed by atoms with Gasteiger partial charge in [-0.3, -0.25) is 0 Å². The Morgan fingerprint density at radius 1 is 0.810 bits per heavy atom. The molecule has 3 nitrogen and oxygen atoms in total. The Labute approximate surface area is 122 Å². The van der Waals surface area contributed by atoms with Crippen molar-refractivity contribution in [3.8, 4) is 16.8 Å². The SMILES string of the molecule is c1ccc(-c2cn(-c3ccccc3)c3ncncc23)cc1. The van der Waals surface area contributed by atoms with Crippen molar-refractivity contribution in [2.75, 3.05) is 0 Å². The molecule has 0 atom stereocenters. The topological polar surface area (TPSA) is 30.7 Å². The van der Waals surface area contributed by atoms with Gasteiger partial charge < -0.3 is 4.57 Å². The van der Waals surface area contributed by atoms with Crippen molar-refractivity contribution >= 4 is 11.0 Å². The summed E-state index contributed by atoms with van der Waals surface area (Å²) in [5.41, 5.74) is 4.35. The monoisotopic (exact) mass is 271 g/mol. The second-order valence-electron chi connectivity index (χ2n) is 4.87. The predicted octanol–water partition coefficient (Wildman–Crippen LogP) is 4.09. The quantitative estimate of drug-likeness (QED) is 0.550. The molecule has 4 aromatic rings. The first kappa shape index (κ1) is 11.9. The van der Waals surface area contributed by atoms with Crippen LogP contribution in [0.25, 0.3) is 27.8 Å². The molecule has 2 aromatic carbocycles. The van der Waals surface area contributed by atoms with E-state index in [9.17, 15) is 0 Å². The molecular weight excluding hydrogens is 258 g/mol. The van der Waals surface area contributed by atoms with Gasteiger partial charge in [-0.1, -0.05) is 48.5 Å². The van der Waals surface area contributed by atoms with Gasteiger partial charge in [-0.2, -0.15) is 0 Å². The van der Waals surface area contributed by atoms with Crippen molar-refractivity contribution in [2.45, 2.75) is 0 Å². The van der Waals surface area contributed by atoms with Crippen LogP contribution in [0.5, 0.6) is 0 Å². The van der Waals surface area contributed by atoms with Crippen LogP contribution in [-0.2, 0) is 0 Å². The van der Waals surface area contributed by atoms with E-state index in [0.29, 0.717) is 0 Å². The lowest BCUT2D eigenvalue weighted by molar-refractivity contribution is 1.08. The van der Waals surface area contributed by atoms with E-state index in [1.54, 1.807) is 6.33 Å². The molecule has 0 unspecified atom stereocenters. The third-order valence-electron chi connectivity index (χ3n) is 3.59. The summed E-state index contributed by atoms with van der Waals surface area (Å²) in [4.78, 5) is 8.64. The molecule has 0 fully saturated rings. The van der Waals surface area contributed by atoms with Gasteiger partial charge in [0.25, 0.3) is 0 Å². The van der Waals surface area contributed by atoms with Crippen LogP contribution in [0.15, 0.2) is 79.4 Å². The Hall–Kier alpha value is -2.94. The Bertz CT molecular complexity index is 807. The standard InChI is InChI=1S/C18H13N3/c1-3-7-14(8-4-1)17-12-21(15-9-5-2-6-10-15)18-16(17)11-19-13-20-18/h1-13H. The molecule has 4 rings (SSSR count). The molecule has 0 aliphatic carbocycles. The molecule has 3 heteroatoms. The zero-order valence-corrected chi connectivity index (χ0v) is 11.3. The summed E-state index contributed by atoms with van der Waals surface area (Å²) in [6.45, 7) is 0. The summed E-state index contributed by atoms with van der Waals surface area (Å²) >= 11 is 0. The lowest BCUT2D eigenvalue weighted by Crippen LogP contribution is -1.92. The van der Waals surface area contributed by atoms with Crippen molar-refractivity contribution in [1.29, 1.82) is 0 Å². The molecule has 0 aliphatic heterocycles. The number of nitrogens with zero attached hydrogens (tertiary/aromatic N) is 3. The van der Waals surface area contributed by atoms with E-state index in [2.05, 4.69) is 45.0 Å². The molecule has 0 radical (unpaired) electrons. The van der Waals surface area contributed by atoms with Gasteiger partial charge in [-0.25, -0.2) is 9.97 Å². The molecular formula is C18H13N3. The first-order valence-corrected chi connectivity index (χ1v) is 6.85. The van der Waals surface area contributed by atoms with Crippen LogP contribution in [0.4, 0.5) is 0 Å². The summed E-state index contributed by atoms with van der Waals surface area (Å²) in [7, 11) is 0. The lowest BCUT2D eigenvalue weighted by Gasteiger charge is -2.03. The zero-order chi connectivity index (χ0) is 14.1. The van der Waals surface area contributed by atoms with E-state index >= 15 is 0 Å². The van der Waals surface area contributed by atoms with Gasteiger partial charge in [0.15, 0.2) is 0 Å². The fraction of sp³-hybridized carbons (Fsp3) is 0. The minimum absolute atomic E-state index is 0.926. The van der Waals surface area contributed by atoms with Gasteiger partial charge in [0.1, 0.15) is 12.0 Å². The maximum atomic E-state index is 4.46. The predicted molar refractivity (Wildman–Crippen MR) is 84.3 cm³/mol. The largest absolute Gasteiger partial charge is 0.301 e. The van der Waals surface area contributed by atoms with Crippen LogP contribution in [0.2, 0.25) is 0 Å². The molecule has 0 saturated heterocycles. The average molecular weight is 271 g/mol. The number of benzene rings is 2. The number of hydrogen-bond acceptors (Lipinski definition) is 2. The number of aromatic nitrogens is 3. The molecule has 0 N–H and O–H groups in total. The third-order valence-corrected chi connectivity index (χ3v) is 3.59. The van der Waals surface area contributed by atoms with Crippen LogP contribution >= 0.6 is 0 Å². The van der Waals surface area contributed by atoms with Crippen LogP contribution in [0.3, 0.4) is 0 Å². The molecule has 21 heavy (non-hydrogen) atoms. The van der Waals surface area contributed by atoms with E-state index in [1.807, 2.05) is 42.6 Å². The van der Waals surface area contributed by atoms with Gasteiger partial charge in [-0.15, -0.1) is 0 Å². The lowest BCUT2D eigenvalue weighted by atomic mass is 10.1. The molecule has 0 saturated carbocycles. The number of para-hydroxylation sites is 1. The zero-order valence-electron chi connectivity index (χ0n) is 11.3. The van der Waals surface area contributed by atoms with Gasteiger partial charge in [0.2, 0.25) is 0 Å². The summed E-state index contributed by atoms with van der Waals surface area (Å²) in [5, 5.41) is 1.06. The summed E-state index contributed by atoms with van der Waals surface area (Å²) in [6.07, 6.45) is 5.60. The highest BCUT2D eigenvalue weighted by atomic mass is 15.0. The number of hydrogen-bond donors (Lipinski definition) is 0. The van der Waals surface area contributed by atoms with Crippen LogP contribution in [-0.4, -0.2) is 14.5 Å². The Morgan fingerprint density at radius 2 is 1.52 bits per heavy atom. The average Bonchev–Trinajstić information content (AvgIpc) is 2.96. The highest BCUT2D eigenvalue weighted by Gasteiger charge is 2.12. The summed E-state index contributed by atoms with van der Waals surface area (Å²) < 4.78 is 2.11. The maximum Gasteiger partial charge on any atom is 0.148 e.